The lowest BCUT2D eigenvalue weighted by atomic mass is 10.00. The number of aromatic nitrogens is 3. The van der Waals surface area contributed by atoms with E-state index < -0.39 is 0 Å². The number of hydrogen-bond acceptors (Lipinski definition) is 5. The molecule has 2 aromatic rings. The zero-order chi connectivity index (χ0) is 13.1. The SMILES string of the molecule is COc1ccc2c(c1)C(NCc1ncn[nH]1)CCO2. The zero-order valence-corrected chi connectivity index (χ0v) is 10.7. The summed E-state index contributed by atoms with van der Waals surface area (Å²) in [5.74, 6) is 2.59. The maximum atomic E-state index is 5.66. The van der Waals surface area contributed by atoms with E-state index in [4.69, 9.17) is 9.47 Å². The standard InChI is InChI=1S/C13H16N4O2/c1-18-9-2-3-12-10(6-9)11(4-5-19-12)14-7-13-15-8-16-17-13/h2-3,6,8,11,14H,4-5,7H2,1H3,(H,15,16,17). The van der Waals surface area contributed by atoms with Crippen LogP contribution in [0.15, 0.2) is 24.5 Å². The molecule has 6 heteroatoms. The third-order valence-electron chi connectivity index (χ3n) is 3.24. The molecule has 1 atom stereocenters. The summed E-state index contributed by atoms with van der Waals surface area (Å²) in [4.78, 5) is 4.11. The Hall–Kier alpha value is -2.08. The molecule has 0 aliphatic carbocycles. The molecule has 100 valence electrons. The molecular weight excluding hydrogens is 244 g/mol. The second-order valence-corrected chi connectivity index (χ2v) is 4.41. The summed E-state index contributed by atoms with van der Waals surface area (Å²) in [6.07, 6.45) is 2.44. The molecule has 1 aliphatic heterocycles. The number of ether oxygens (including phenoxy) is 2. The highest BCUT2D eigenvalue weighted by molar-refractivity contribution is 5.43. The molecule has 3 rings (SSSR count). The van der Waals surface area contributed by atoms with Gasteiger partial charge in [0, 0.05) is 18.0 Å². The third kappa shape index (κ3) is 2.53. The van der Waals surface area contributed by atoms with Gasteiger partial charge >= 0.3 is 0 Å². The zero-order valence-electron chi connectivity index (χ0n) is 10.7. The second-order valence-electron chi connectivity index (χ2n) is 4.41. The Kier molecular flexibility index (Phi) is 3.33. The summed E-state index contributed by atoms with van der Waals surface area (Å²) in [7, 11) is 1.67. The topological polar surface area (TPSA) is 72.1 Å². The number of fused-ring (bicyclic) bond motifs is 1. The van der Waals surface area contributed by atoms with Crippen LogP contribution < -0.4 is 14.8 Å². The van der Waals surface area contributed by atoms with Gasteiger partial charge in [0.2, 0.25) is 0 Å². The van der Waals surface area contributed by atoms with Gasteiger partial charge in [-0.1, -0.05) is 0 Å². The van der Waals surface area contributed by atoms with Gasteiger partial charge in [-0.05, 0) is 18.2 Å². The van der Waals surface area contributed by atoms with Crippen molar-refractivity contribution in [2.45, 2.75) is 19.0 Å². The van der Waals surface area contributed by atoms with Gasteiger partial charge in [-0.3, -0.25) is 5.10 Å². The highest BCUT2D eigenvalue weighted by atomic mass is 16.5. The lowest BCUT2D eigenvalue weighted by molar-refractivity contribution is 0.250. The molecule has 0 saturated carbocycles. The van der Waals surface area contributed by atoms with Crippen LogP contribution in [0, 0.1) is 0 Å². The number of benzene rings is 1. The Morgan fingerprint density at radius 3 is 3.26 bits per heavy atom. The molecule has 1 unspecified atom stereocenters. The Morgan fingerprint density at radius 2 is 2.47 bits per heavy atom. The number of nitrogens with zero attached hydrogens (tertiary/aromatic N) is 2. The van der Waals surface area contributed by atoms with Gasteiger partial charge in [0.25, 0.3) is 0 Å². The summed E-state index contributed by atoms with van der Waals surface area (Å²) in [5, 5.41) is 10.1. The summed E-state index contributed by atoms with van der Waals surface area (Å²) < 4.78 is 10.9. The lowest BCUT2D eigenvalue weighted by Gasteiger charge is -2.27. The fraction of sp³-hybridized carbons (Fsp3) is 0.385. The van der Waals surface area contributed by atoms with E-state index in [1.807, 2.05) is 18.2 Å². The maximum absolute atomic E-state index is 5.66. The average Bonchev–Trinajstić information content (AvgIpc) is 2.97. The van der Waals surface area contributed by atoms with Crippen LogP contribution >= 0.6 is 0 Å². The van der Waals surface area contributed by atoms with Gasteiger partial charge in [0.15, 0.2) is 0 Å². The van der Waals surface area contributed by atoms with Crippen molar-refractivity contribution in [1.82, 2.24) is 20.5 Å². The summed E-state index contributed by atoms with van der Waals surface area (Å²) >= 11 is 0. The van der Waals surface area contributed by atoms with Crippen molar-refractivity contribution in [3.8, 4) is 11.5 Å². The molecule has 6 nitrogen and oxygen atoms in total. The van der Waals surface area contributed by atoms with Crippen molar-refractivity contribution in [2.75, 3.05) is 13.7 Å². The van der Waals surface area contributed by atoms with Crippen LogP contribution in [0.1, 0.15) is 23.9 Å². The van der Waals surface area contributed by atoms with Gasteiger partial charge in [-0.25, -0.2) is 4.98 Å². The highest BCUT2D eigenvalue weighted by Gasteiger charge is 2.21. The molecule has 19 heavy (non-hydrogen) atoms. The van der Waals surface area contributed by atoms with Crippen molar-refractivity contribution in [3.63, 3.8) is 0 Å². The van der Waals surface area contributed by atoms with Crippen LogP contribution in [0.5, 0.6) is 11.5 Å². The van der Waals surface area contributed by atoms with Crippen molar-refractivity contribution in [3.05, 3.63) is 35.9 Å². The smallest absolute Gasteiger partial charge is 0.138 e. The van der Waals surface area contributed by atoms with Gasteiger partial charge in [-0.15, -0.1) is 0 Å². The molecule has 0 bridgehead atoms. The molecular formula is C13H16N4O2. The Labute approximate surface area is 111 Å². The first-order valence-electron chi connectivity index (χ1n) is 6.25. The average molecular weight is 260 g/mol. The van der Waals surface area contributed by atoms with Crippen molar-refractivity contribution in [2.24, 2.45) is 0 Å². The molecule has 1 aliphatic rings. The minimum absolute atomic E-state index is 0.240. The first-order chi connectivity index (χ1) is 9.36. The fourth-order valence-corrected chi connectivity index (χ4v) is 2.25. The summed E-state index contributed by atoms with van der Waals surface area (Å²) in [6.45, 7) is 1.37. The molecule has 0 spiro atoms. The van der Waals surface area contributed by atoms with E-state index in [0.717, 1.165) is 29.3 Å². The Bertz CT molecular complexity index is 542. The van der Waals surface area contributed by atoms with Gasteiger partial charge in [0.1, 0.15) is 23.7 Å². The van der Waals surface area contributed by atoms with E-state index in [9.17, 15) is 0 Å². The predicted octanol–water partition coefficient (Wildman–Crippen LogP) is 1.43. The van der Waals surface area contributed by atoms with Crippen LogP contribution in [0.25, 0.3) is 0 Å². The van der Waals surface area contributed by atoms with E-state index in [-0.39, 0.29) is 6.04 Å². The number of H-pyrrole nitrogens is 1. The molecule has 2 N–H and O–H groups in total. The third-order valence-corrected chi connectivity index (χ3v) is 3.24. The van der Waals surface area contributed by atoms with Crippen LogP contribution in [0.3, 0.4) is 0 Å². The number of nitrogens with one attached hydrogen (secondary N) is 2. The van der Waals surface area contributed by atoms with E-state index in [0.29, 0.717) is 13.2 Å². The second kappa shape index (κ2) is 5.27. The molecule has 1 aromatic heterocycles. The number of rotatable bonds is 4. The first kappa shape index (κ1) is 12.0. The van der Waals surface area contributed by atoms with Crippen molar-refractivity contribution in [1.29, 1.82) is 0 Å². The quantitative estimate of drug-likeness (QED) is 0.870. The van der Waals surface area contributed by atoms with Crippen LogP contribution in [-0.4, -0.2) is 28.9 Å². The Morgan fingerprint density at radius 1 is 1.53 bits per heavy atom. The molecule has 0 radical (unpaired) electrons. The van der Waals surface area contributed by atoms with Crippen LogP contribution in [0.4, 0.5) is 0 Å². The van der Waals surface area contributed by atoms with Crippen molar-refractivity contribution < 1.29 is 9.47 Å². The van der Waals surface area contributed by atoms with Gasteiger partial charge < -0.3 is 14.8 Å². The number of aromatic amines is 1. The minimum atomic E-state index is 0.240. The Balaban J connectivity index is 1.77. The van der Waals surface area contributed by atoms with Gasteiger partial charge in [0.05, 0.1) is 20.3 Å². The van der Waals surface area contributed by atoms with Gasteiger partial charge in [-0.2, -0.15) is 5.10 Å². The summed E-state index contributed by atoms with van der Waals surface area (Å²) in [6, 6.07) is 6.13. The van der Waals surface area contributed by atoms with Crippen molar-refractivity contribution >= 4 is 0 Å². The fourth-order valence-electron chi connectivity index (χ4n) is 2.25. The minimum Gasteiger partial charge on any atom is -0.497 e. The van der Waals surface area contributed by atoms with E-state index in [1.165, 1.54) is 6.33 Å². The molecule has 0 amide bonds. The van der Waals surface area contributed by atoms with Crippen LogP contribution in [-0.2, 0) is 6.54 Å². The maximum Gasteiger partial charge on any atom is 0.138 e. The summed E-state index contributed by atoms with van der Waals surface area (Å²) in [5.41, 5.74) is 1.13. The lowest BCUT2D eigenvalue weighted by Crippen LogP contribution is -2.27. The largest absolute Gasteiger partial charge is 0.497 e. The normalized spacial score (nSPS) is 17.6. The number of methoxy groups -OCH3 is 1. The highest BCUT2D eigenvalue weighted by Crippen LogP contribution is 2.34. The molecule has 0 saturated heterocycles. The van der Waals surface area contributed by atoms with Crippen LogP contribution in [0.2, 0.25) is 0 Å². The van der Waals surface area contributed by atoms with E-state index in [2.05, 4.69) is 20.5 Å². The monoisotopic (exact) mass is 260 g/mol. The first-order valence-corrected chi connectivity index (χ1v) is 6.25. The molecule has 0 fully saturated rings. The molecule has 1 aromatic carbocycles. The molecule has 2 heterocycles. The van der Waals surface area contributed by atoms with E-state index in [1.54, 1.807) is 7.11 Å². The predicted molar refractivity (Wildman–Crippen MR) is 69.1 cm³/mol. The number of hydrogen-bond donors (Lipinski definition) is 2. The van der Waals surface area contributed by atoms with E-state index >= 15 is 0 Å².